The maximum atomic E-state index is 16.4. The highest BCUT2D eigenvalue weighted by Gasteiger charge is 2.52. The minimum atomic E-state index is -2.38. The van der Waals surface area contributed by atoms with Gasteiger partial charge in [-0.15, -0.1) is 0 Å². The van der Waals surface area contributed by atoms with Crippen LogP contribution in [-0.2, 0) is 62.0 Å². The summed E-state index contributed by atoms with van der Waals surface area (Å²) in [6, 6.07) is -0.452. The van der Waals surface area contributed by atoms with Crippen molar-refractivity contribution in [2.24, 2.45) is 23.1 Å². The highest BCUT2D eigenvalue weighted by molar-refractivity contribution is 6.32. The van der Waals surface area contributed by atoms with Crippen molar-refractivity contribution in [1.82, 2.24) is 37.2 Å². The summed E-state index contributed by atoms with van der Waals surface area (Å²) < 4.78 is 51.7. The van der Waals surface area contributed by atoms with Crippen molar-refractivity contribution in [2.75, 3.05) is 13.7 Å². The van der Waals surface area contributed by atoms with Gasteiger partial charge in [-0.05, 0) is 124 Å². The van der Waals surface area contributed by atoms with Gasteiger partial charge in [0, 0.05) is 46.7 Å². The predicted octanol–water partition coefficient (Wildman–Crippen LogP) is 0.344. The Morgan fingerprint density at radius 3 is 1.79 bits per heavy atom. The largest absolute Gasteiger partial charge is 0.508 e. The molecule has 7 amide bonds. The van der Waals surface area contributed by atoms with Crippen molar-refractivity contribution in [1.29, 1.82) is 0 Å². The van der Waals surface area contributed by atoms with Gasteiger partial charge < -0.3 is 143 Å². The molecule has 0 aliphatic carbocycles. The maximum absolute atomic E-state index is 16.4. The molecule has 600 valence electrons. The van der Waals surface area contributed by atoms with Gasteiger partial charge in [-0.1, -0.05) is 55.2 Å². The third-order valence-corrected chi connectivity index (χ3v) is 20.7. The van der Waals surface area contributed by atoms with Crippen molar-refractivity contribution < 1.29 is 127 Å². The number of phenolic OH excluding ortho intramolecular Hbond substituents is 3. The minimum absolute atomic E-state index is 0.110. The number of likely N-dealkylation sites (N-methyl/N-ethyl adjacent to an activating group) is 1. The zero-order chi connectivity index (χ0) is 80.9. The van der Waals surface area contributed by atoms with Crippen molar-refractivity contribution in [3.63, 3.8) is 0 Å². The number of aliphatic hydroxyl groups is 6. The second-order valence-corrected chi connectivity index (χ2v) is 30.1. The van der Waals surface area contributed by atoms with Gasteiger partial charge in [0.1, 0.15) is 89.5 Å². The molecule has 4 unspecified atom stereocenters. The molecule has 5 aromatic carbocycles. The van der Waals surface area contributed by atoms with E-state index < -0.39 is 261 Å². The van der Waals surface area contributed by atoms with Crippen LogP contribution in [0.5, 0.6) is 46.0 Å². The average molecular weight is 1590 g/mol. The fraction of sp³-hybridized carbons (Fsp3) is 0.479. The van der Waals surface area contributed by atoms with Crippen LogP contribution < -0.4 is 68.6 Å². The summed E-state index contributed by atoms with van der Waals surface area (Å²) in [6.07, 6.45) is -22.8. The lowest BCUT2D eigenvalue weighted by Crippen LogP contribution is -2.64. The number of nitrogens with one attached hydrogen (secondary N) is 7. The number of hydrogen-bond acceptors (Lipinski definition) is 28. The van der Waals surface area contributed by atoms with Crippen LogP contribution in [0.15, 0.2) is 78.9 Å². The first-order valence-electron chi connectivity index (χ1n) is 35.3. The summed E-state index contributed by atoms with van der Waals surface area (Å²) in [5.41, 5.74) is 13.3. The molecule has 3 saturated heterocycles. The summed E-state index contributed by atoms with van der Waals surface area (Å²) >= 11 is 14.5. The summed E-state index contributed by atoms with van der Waals surface area (Å²) in [4.78, 5) is 120. The van der Waals surface area contributed by atoms with Crippen LogP contribution in [0.1, 0.15) is 125 Å². The SMILES string of the molecule is CN[C@H](CC(C)C)C(=O)NC1C(=O)N[C@@H](CC(N)=O)C(=O)NC2C(=O)N[C@H]3C(=O)NC(C(=O)NC(C(=O)O)c4cc(O)cc(O)c4-c4cc3ccc4O)[C@H](O[C@H]3C[C@](C)(N)[C@@H](O)[C@H](C)O3)c3ccc(c(Cl)c3)Oc3cc2cc(c3O[C@@H]2O[C@H](CO)[C@@H](O)[C@H](O)[C@H]2O[C@H]2C[C@](C)(N)[C@@H](O)[C@H](C)O2)Oc2ccc(cc2Cl)[C@H]1O. The van der Waals surface area contributed by atoms with Gasteiger partial charge in [0.2, 0.25) is 53.4 Å². The monoisotopic (exact) mass is 1590 g/mol. The van der Waals surface area contributed by atoms with Crippen LogP contribution in [0.2, 0.25) is 10.0 Å². The number of carboxylic acid groups (broad SMARTS) is 1. The maximum Gasteiger partial charge on any atom is 0.330 e. The Labute approximate surface area is 643 Å². The van der Waals surface area contributed by atoms with E-state index in [1.807, 2.05) is 13.8 Å². The van der Waals surface area contributed by atoms with Gasteiger partial charge in [-0.2, -0.15) is 0 Å². The number of nitrogens with two attached hydrogens (primary N) is 3. The van der Waals surface area contributed by atoms with Gasteiger partial charge in [0.15, 0.2) is 36.2 Å². The summed E-state index contributed by atoms with van der Waals surface area (Å²) in [5.74, 6) is -16.1. The Balaban J connectivity index is 1.19. The van der Waals surface area contributed by atoms with E-state index in [9.17, 15) is 70.2 Å². The number of carboxylic acids is 1. The summed E-state index contributed by atoms with van der Waals surface area (Å²) in [5, 5.41) is 131. The molecule has 5 aromatic rings. The second-order valence-electron chi connectivity index (χ2n) is 29.3. The van der Waals surface area contributed by atoms with Crippen LogP contribution in [0.4, 0.5) is 0 Å². The molecule has 0 saturated carbocycles. The third-order valence-electron chi connectivity index (χ3n) is 20.1. The molecule has 0 spiro atoms. The fourth-order valence-electron chi connectivity index (χ4n) is 14.3. The van der Waals surface area contributed by atoms with Crippen LogP contribution in [0, 0.1) is 5.92 Å². The number of carbonyl (C=O) groups excluding carboxylic acids is 7. The first-order valence-corrected chi connectivity index (χ1v) is 36.1. The number of rotatable bonds is 15. The fourth-order valence-corrected chi connectivity index (χ4v) is 14.7. The Morgan fingerprint density at radius 2 is 1.23 bits per heavy atom. The lowest BCUT2D eigenvalue weighted by molar-refractivity contribution is -0.333. The zero-order valence-electron chi connectivity index (χ0n) is 60.7. The number of aromatic hydroxyl groups is 3. The molecule has 8 heterocycles. The molecule has 11 bridgehead atoms. The molecular weight excluding hydrogens is 1500 g/mol. The quantitative estimate of drug-likeness (QED) is 0.0672. The Morgan fingerprint density at radius 1 is 0.658 bits per heavy atom. The van der Waals surface area contributed by atoms with Crippen LogP contribution >= 0.6 is 23.2 Å². The normalized spacial score (nSPS) is 32.1. The van der Waals surface area contributed by atoms with Crippen molar-refractivity contribution in [3.8, 4) is 57.1 Å². The Kier molecular flexibility index (Phi) is 24.7. The number of primary amides is 1. The molecular formula is C73H88Cl2N10O26. The van der Waals surface area contributed by atoms with E-state index in [4.69, 9.17) is 78.3 Å². The highest BCUT2D eigenvalue weighted by Crippen LogP contribution is 2.50. The van der Waals surface area contributed by atoms with E-state index in [-0.39, 0.29) is 52.6 Å². The molecule has 13 rings (SSSR count). The number of aliphatic hydroxyl groups excluding tert-OH is 6. The van der Waals surface area contributed by atoms with Gasteiger partial charge in [0.25, 0.3) is 0 Å². The summed E-state index contributed by atoms with van der Waals surface area (Å²) in [6.45, 7) is 8.58. The van der Waals surface area contributed by atoms with Crippen LogP contribution in [0.3, 0.4) is 0 Å². The number of carbonyl (C=O) groups is 8. The number of halogens is 2. The average Bonchev–Trinajstić information content (AvgIpc) is 0.763. The van der Waals surface area contributed by atoms with Gasteiger partial charge in [0.05, 0.1) is 53.5 Å². The topological polar surface area (TPSA) is 575 Å². The number of benzene rings is 5. The van der Waals surface area contributed by atoms with Gasteiger partial charge >= 0.3 is 5.97 Å². The number of hydrogen-bond donors (Lipinski definition) is 20. The van der Waals surface area contributed by atoms with Crippen molar-refractivity contribution in [3.05, 3.63) is 117 Å². The number of aliphatic carboxylic acids is 1. The Hall–Kier alpha value is -9.32. The molecule has 23 N–H and O–H groups in total. The third kappa shape index (κ3) is 17.7. The molecule has 22 atom stereocenters. The zero-order valence-corrected chi connectivity index (χ0v) is 62.2. The minimum Gasteiger partial charge on any atom is -0.508 e. The highest BCUT2D eigenvalue weighted by atomic mass is 35.5. The number of ether oxygens (including phenoxy) is 8. The smallest absolute Gasteiger partial charge is 0.330 e. The number of phenols is 3. The first-order chi connectivity index (χ1) is 52.3. The molecule has 38 heteroatoms. The first kappa shape index (κ1) is 82.6. The van der Waals surface area contributed by atoms with E-state index >= 15 is 19.2 Å². The van der Waals surface area contributed by atoms with Crippen molar-refractivity contribution in [2.45, 2.75) is 201 Å². The van der Waals surface area contributed by atoms with Gasteiger partial charge in [-0.3, -0.25) is 33.6 Å². The second kappa shape index (κ2) is 33.2. The predicted molar refractivity (Wildman–Crippen MR) is 386 cm³/mol. The van der Waals surface area contributed by atoms with Crippen LogP contribution in [0.25, 0.3) is 11.1 Å². The standard InChI is InChI=1S/C73H88Cl2N10O26/c1-26(2)14-38(79-7)64(96)84-54-56(91)30-9-12-42(36(74)16-30)106-44-18-32-19-45(60(44)111-71-61(58(93)57(92)46(25-86)108-71)110-49-24-73(6,78)63(95)28(4)105-49)107-43-13-10-31(17-37(43)75)59(109-48-23-72(5,77)62(94)27(3)104-48)55-69(101)83-53(70(102)103)35-20-33(87)21-41(89)50(35)34-15-29(8-11-40(34)88)51(66(98)85-55)82-67(99)52(32)81-65(97)39(22-47(76)90)80-68(54)100/h8-13,15-21,26-28,38-39,46,48-49,51-59,61-63,71,79,86-89,91-95H,14,22-25,77-78H2,1-7H3,(H2,76,90)(H,80,100)(H,81,97)(H,82,99)(H,83,101)(H,84,96)(H,85,98)(H,102,103)/t27-,28-,38+,39-,46+,48-,49-,51+,52?,53?,54?,55?,56+,57+,58-,59+,61+,62-,63-,71-,72-,73-/m0/s1. The number of amides is 7. The molecule has 0 radical (unpaired) electrons. The summed E-state index contributed by atoms with van der Waals surface area (Å²) in [7, 11) is 1.47. The molecule has 3 fully saturated rings. The van der Waals surface area contributed by atoms with E-state index in [1.54, 1.807) is 0 Å². The van der Waals surface area contributed by atoms with Gasteiger partial charge in [-0.25, -0.2) is 4.79 Å². The van der Waals surface area contributed by atoms with E-state index in [2.05, 4.69) is 37.2 Å². The lowest BCUT2D eigenvalue weighted by Gasteiger charge is -2.47. The van der Waals surface area contributed by atoms with Crippen molar-refractivity contribution >= 4 is 70.5 Å². The molecule has 36 nitrogen and oxygen atoms in total. The van der Waals surface area contributed by atoms with Crippen LogP contribution in [-0.4, -0.2) is 215 Å². The van der Waals surface area contributed by atoms with E-state index in [0.29, 0.717) is 0 Å². The molecule has 0 aromatic heterocycles. The lowest BCUT2D eigenvalue weighted by atomic mass is 9.86. The van der Waals surface area contributed by atoms with E-state index in [0.717, 1.165) is 48.5 Å². The van der Waals surface area contributed by atoms with E-state index in [1.165, 1.54) is 65.1 Å². The number of fused-ring (bicyclic) bond motifs is 15. The molecule has 111 heavy (non-hydrogen) atoms. The molecule has 8 aliphatic heterocycles. The molecule has 8 aliphatic rings. The Bertz CT molecular complexity index is 4420.